The number of hydrogen-bond acceptors (Lipinski definition) is 7. The van der Waals surface area contributed by atoms with Crippen LogP contribution in [0.3, 0.4) is 0 Å². The van der Waals surface area contributed by atoms with Crippen molar-refractivity contribution in [3.05, 3.63) is 35.9 Å². The predicted octanol–water partition coefficient (Wildman–Crippen LogP) is 4.22. The van der Waals surface area contributed by atoms with E-state index in [4.69, 9.17) is 4.98 Å². The van der Waals surface area contributed by atoms with Gasteiger partial charge >= 0.3 is 0 Å². The van der Waals surface area contributed by atoms with E-state index in [0.717, 1.165) is 18.5 Å². The van der Waals surface area contributed by atoms with Crippen molar-refractivity contribution in [1.29, 1.82) is 0 Å². The monoisotopic (exact) mass is 442 g/mol. The first-order valence-electron chi connectivity index (χ1n) is 11.3. The number of anilines is 2. The normalized spacial score (nSPS) is 15.9. The molecule has 0 amide bonds. The summed E-state index contributed by atoms with van der Waals surface area (Å²) in [6, 6.07) is 3.99. The number of nitrogens with zero attached hydrogens (tertiary/aromatic N) is 4. The smallest absolute Gasteiger partial charge is 0.227 e. The van der Waals surface area contributed by atoms with Crippen LogP contribution in [0.4, 0.5) is 16.2 Å². The second kappa shape index (κ2) is 9.68. The molecule has 1 fully saturated rings. The Bertz CT molecular complexity index is 1060. The number of nitrogens with one attached hydrogen (secondary N) is 2. The summed E-state index contributed by atoms with van der Waals surface area (Å²) in [5.74, 6) is 0.669. The van der Waals surface area contributed by atoms with Gasteiger partial charge in [0, 0.05) is 18.2 Å². The quantitative estimate of drug-likeness (QED) is 0.414. The highest BCUT2D eigenvalue weighted by molar-refractivity contribution is 5.84. The van der Waals surface area contributed by atoms with E-state index in [-0.39, 0.29) is 30.9 Å². The van der Waals surface area contributed by atoms with E-state index in [2.05, 4.69) is 25.2 Å². The average molecular weight is 443 g/mol. The molecular formula is C23H31FN6O2. The number of fused-ring (bicyclic) bond motifs is 1. The third kappa shape index (κ3) is 4.77. The number of halogens is 1. The van der Waals surface area contributed by atoms with Gasteiger partial charge in [-0.15, -0.1) is 0 Å². The summed E-state index contributed by atoms with van der Waals surface area (Å²) in [4.78, 5) is 13.9. The van der Waals surface area contributed by atoms with Crippen LogP contribution in [-0.2, 0) is 6.54 Å². The molecule has 172 valence electrons. The van der Waals surface area contributed by atoms with E-state index in [1.165, 1.54) is 37.5 Å². The van der Waals surface area contributed by atoms with Gasteiger partial charge in [-0.05, 0) is 37.0 Å². The SMILES string of the molecule is CC(C)C(CO)Nc1nc(NCc2cc(F)ccc2O)c2ncn(C3CCCCC3)c2n1. The van der Waals surface area contributed by atoms with Gasteiger partial charge in [0.1, 0.15) is 11.6 Å². The van der Waals surface area contributed by atoms with Crippen molar-refractivity contribution in [2.75, 3.05) is 17.2 Å². The largest absolute Gasteiger partial charge is 0.508 e. The van der Waals surface area contributed by atoms with Gasteiger partial charge in [0.25, 0.3) is 0 Å². The van der Waals surface area contributed by atoms with E-state index in [1.807, 2.05) is 20.2 Å². The maximum atomic E-state index is 13.6. The number of aliphatic hydroxyl groups excluding tert-OH is 1. The minimum atomic E-state index is -0.418. The molecule has 1 aliphatic carbocycles. The van der Waals surface area contributed by atoms with Crippen LogP contribution in [0.15, 0.2) is 24.5 Å². The zero-order valence-corrected chi connectivity index (χ0v) is 18.6. The standard InChI is InChI=1S/C23H31FN6O2/c1-14(2)18(12-31)27-23-28-21(25-11-15-10-16(24)8-9-19(15)32)20-22(29-23)30(13-26-20)17-6-4-3-5-7-17/h8-10,13-14,17-18,31-32H,3-7,11-12H2,1-2H3,(H2,25,27,28,29). The maximum absolute atomic E-state index is 13.6. The van der Waals surface area contributed by atoms with Crippen LogP contribution in [0.25, 0.3) is 11.2 Å². The zero-order valence-electron chi connectivity index (χ0n) is 18.6. The van der Waals surface area contributed by atoms with Gasteiger partial charge in [-0.3, -0.25) is 0 Å². The maximum Gasteiger partial charge on any atom is 0.227 e. The van der Waals surface area contributed by atoms with Gasteiger partial charge in [-0.25, -0.2) is 9.37 Å². The summed E-state index contributed by atoms with van der Waals surface area (Å²) in [6.07, 6.45) is 7.61. The van der Waals surface area contributed by atoms with Crippen LogP contribution in [0.2, 0.25) is 0 Å². The molecule has 4 rings (SSSR count). The van der Waals surface area contributed by atoms with Crippen molar-refractivity contribution >= 4 is 22.9 Å². The lowest BCUT2D eigenvalue weighted by Crippen LogP contribution is -2.30. The Labute approximate surface area is 186 Å². The summed E-state index contributed by atoms with van der Waals surface area (Å²) in [6.45, 7) is 4.18. The molecule has 32 heavy (non-hydrogen) atoms. The zero-order chi connectivity index (χ0) is 22.7. The predicted molar refractivity (Wildman–Crippen MR) is 122 cm³/mol. The summed E-state index contributed by atoms with van der Waals surface area (Å²) in [5.41, 5.74) is 1.77. The number of aromatic nitrogens is 4. The lowest BCUT2D eigenvalue weighted by atomic mass is 9.95. The van der Waals surface area contributed by atoms with Gasteiger partial charge in [0.15, 0.2) is 17.0 Å². The first-order chi connectivity index (χ1) is 15.5. The fourth-order valence-electron chi connectivity index (χ4n) is 4.19. The van der Waals surface area contributed by atoms with Crippen LogP contribution in [0.1, 0.15) is 57.6 Å². The van der Waals surface area contributed by atoms with Crippen molar-refractivity contribution in [2.45, 2.75) is 64.6 Å². The number of aromatic hydroxyl groups is 1. The Morgan fingerprint density at radius 2 is 1.97 bits per heavy atom. The summed E-state index contributed by atoms with van der Waals surface area (Å²) >= 11 is 0. The van der Waals surface area contributed by atoms with Crippen molar-refractivity contribution in [2.24, 2.45) is 5.92 Å². The number of imidazole rings is 1. The summed E-state index contributed by atoms with van der Waals surface area (Å²) in [5, 5.41) is 26.3. The fraction of sp³-hybridized carbons (Fsp3) is 0.522. The van der Waals surface area contributed by atoms with Crippen LogP contribution in [0.5, 0.6) is 5.75 Å². The Morgan fingerprint density at radius 1 is 1.19 bits per heavy atom. The fourth-order valence-corrected chi connectivity index (χ4v) is 4.19. The van der Waals surface area contributed by atoms with Crippen LogP contribution >= 0.6 is 0 Å². The molecular weight excluding hydrogens is 411 g/mol. The second-order valence-corrected chi connectivity index (χ2v) is 8.82. The number of rotatable bonds is 8. The molecule has 4 N–H and O–H groups in total. The van der Waals surface area contributed by atoms with Crippen molar-refractivity contribution in [3.8, 4) is 5.75 Å². The Kier molecular flexibility index (Phi) is 6.74. The molecule has 0 spiro atoms. The first-order valence-corrected chi connectivity index (χ1v) is 11.3. The van der Waals surface area contributed by atoms with Crippen molar-refractivity contribution in [1.82, 2.24) is 19.5 Å². The number of aliphatic hydroxyl groups is 1. The molecule has 8 nitrogen and oxygen atoms in total. The molecule has 2 heterocycles. The molecule has 1 unspecified atom stereocenters. The molecule has 0 radical (unpaired) electrons. The molecule has 3 aromatic rings. The molecule has 1 saturated carbocycles. The topological polar surface area (TPSA) is 108 Å². The van der Waals surface area contributed by atoms with Crippen molar-refractivity contribution in [3.63, 3.8) is 0 Å². The minimum absolute atomic E-state index is 0.00966. The van der Waals surface area contributed by atoms with Gasteiger partial charge < -0.3 is 25.4 Å². The molecule has 0 bridgehead atoms. The van der Waals surface area contributed by atoms with E-state index < -0.39 is 5.82 Å². The molecule has 1 aromatic carbocycles. The summed E-state index contributed by atoms with van der Waals surface area (Å²) < 4.78 is 15.8. The van der Waals surface area contributed by atoms with Gasteiger partial charge in [0.05, 0.1) is 19.0 Å². The average Bonchev–Trinajstić information content (AvgIpc) is 3.22. The highest BCUT2D eigenvalue weighted by Crippen LogP contribution is 2.32. The van der Waals surface area contributed by atoms with E-state index in [0.29, 0.717) is 28.9 Å². The number of phenolic OH excluding ortho intramolecular Hbond substituents is 1. The lowest BCUT2D eigenvalue weighted by Gasteiger charge is -2.24. The third-order valence-electron chi connectivity index (χ3n) is 6.19. The van der Waals surface area contributed by atoms with Crippen LogP contribution < -0.4 is 10.6 Å². The van der Waals surface area contributed by atoms with Crippen molar-refractivity contribution < 1.29 is 14.6 Å². The third-order valence-corrected chi connectivity index (χ3v) is 6.19. The van der Waals surface area contributed by atoms with Crippen LogP contribution in [0, 0.1) is 11.7 Å². The Balaban J connectivity index is 1.70. The van der Waals surface area contributed by atoms with E-state index >= 15 is 0 Å². The lowest BCUT2D eigenvalue weighted by molar-refractivity contribution is 0.248. The number of benzene rings is 1. The Morgan fingerprint density at radius 3 is 2.69 bits per heavy atom. The molecule has 1 aliphatic rings. The van der Waals surface area contributed by atoms with Gasteiger partial charge in [-0.1, -0.05) is 33.1 Å². The second-order valence-electron chi connectivity index (χ2n) is 8.82. The Hall–Kier alpha value is -2.94. The summed E-state index contributed by atoms with van der Waals surface area (Å²) in [7, 11) is 0. The molecule has 0 saturated heterocycles. The number of phenols is 1. The highest BCUT2D eigenvalue weighted by Gasteiger charge is 2.22. The van der Waals surface area contributed by atoms with E-state index in [9.17, 15) is 14.6 Å². The molecule has 1 atom stereocenters. The van der Waals surface area contributed by atoms with Crippen LogP contribution in [-0.4, -0.2) is 42.4 Å². The molecule has 2 aromatic heterocycles. The molecule has 0 aliphatic heterocycles. The first kappa shape index (κ1) is 22.3. The highest BCUT2D eigenvalue weighted by atomic mass is 19.1. The minimum Gasteiger partial charge on any atom is -0.508 e. The van der Waals surface area contributed by atoms with Gasteiger partial charge in [-0.2, -0.15) is 9.97 Å². The van der Waals surface area contributed by atoms with E-state index in [1.54, 1.807) is 0 Å². The number of hydrogen-bond donors (Lipinski definition) is 4. The molecule has 9 heteroatoms. The van der Waals surface area contributed by atoms with Gasteiger partial charge in [0.2, 0.25) is 5.95 Å².